The fraction of sp³-hybridized carbons (Fsp3) is 0.118. The molecule has 0 radical (unpaired) electrons. The molecule has 0 aliphatic carbocycles. The molecule has 3 aromatic heterocycles. The number of aromatic amines is 1. The second-order valence-corrected chi connectivity index (χ2v) is 10.2. The summed E-state index contributed by atoms with van der Waals surface area (Å²) in [6.07, 6.45) is 0. The zero-order valence-corrected chi connectivity index (χ0v) is 24.0. The van der Waals surface area contributed by atoms with Crippen molar-refractivity contribution in [3.05, 3.63) is 132 Å². The lowest BCUT2D eigenvalue weighted by molar-refractivity contribution is 0.277. The van der Waals surface area contributed by atoms with E-state index in [2.05, 4.69) is 53.6 Å². The summed E-state index contributed by atoms with van der Waals surface area (Å²) in [4.78, 5) is 4.92. The number of aryl methyl sites for hydroxylation is 1. The molecule has 7 aromatic rings. The number of nitrogens with one attached hydrogen (secondary N) is 1. The smallest absolute Gasteiger partial charge is 0.262 e. The van der Waals surface area contributed by atoms with Gasteiger partial charge in [-0.3, -0.25) is 0 Å². The van der Waals surface area contributed by atoms with Crippen LogP contribution in [-0.2, 0) is 19.8 Å². The number of imidazole rings is 1. The lowest BCUT2D eigenvalue weighted by Gasteiger charge is -2.15. The molecule has 0 spiro atoms. The maximum Gasteiger partial charge on any atom is 0.262 e. The van der Waals surface area contributed by atoms with Gasteiger partial charge in [0.2, 0.25) is 5.82 Å². The highest BCUT2D eigenvalue weighted by atomic mass is 16.5. The van der Waals surface area contributed by atoms with Gasteiger partial charge >= 0.3 is 0 Å². The van der Waals surface area contributed by atoms with Crippen molar-refractivity contribution in [1.82, 2.24) is 40.4 Å². The number of tetrazole rings is 1. The largest absolute Gasteiger partial charge is 0.470 e. The van der Waals surface area contributed by atoms with Crippen LogP contribution in [0.5, 0.6) is 11.8 Å². The number of benzene rings is 4. The molecule has 0 aliphatic rings. The maximum atomic E-state index is 6.28. The molecule has 216 valence electrons. The van der Waals surface area contributed by atoms with E-state index >= 15 is 0 Å². The molecule has 0 atom stereocenters. The maximum absolute atomic E-state index is 6.28. The molecule has 0 fully saturated rings. The molecule has 0 saturated carbocycles. The van der Waals surface area contributed by atoms with Gasteiger partial charge in [0.15, 0.2) is 5.52 Å². The third kappa shape index (κ3) is 5.48. The van der Waals surface area contributed by atoms with Crippen LogP contribution in [0, 0.1) is 6.92 Å². The minimum absolute atomic E-state index is 0.341. The summed E-state index contributed by atoms with van der Waals surface area (Å²) in [7, 11) is 0. The standard InChI is InChI=1S/C34H28N8O2/c1-23-35-30-31(34(44-22-25-14-6-3-7-15-25)39-38-33(30)43-21-24-12-4-2-5-13-24)42(23)20-26-16-8-9-17-27(26)28-18-10-11-19-29(28)32-36-40-41-37-32/h2-19H,20-22H2,1H3,(H,36,37,40,41). The van der Waals surface area contributed by atoms with Gasteiger partial charge in [-0.2, -0.15) is 5.21 Å². The number of fused-ring (bicyclic) bond motifs is 1. The first-order chi connectivity index (χ1) is 21.7. The lowest BCUT2D eigenvalue weighted by Crippen LogP contribution is -2.07. The van der Waals surface area contributed by atoms with Gasteiger partial charge in [-0.1, -0.05) is 109 Å². The predicted octanol–water partition coefficient (Wildman–Crippen LogP) is 6.19. The topological polar surface area (TPSA) is 117 Å². The van der Waals surface area contributed by atoms with Crippen molar-refractivity contribution in [2.24, 2.45) is 0 Å². The molecule has 3 heterocycles. The molecule has 0 unspecified atom stereocenters. The Bertz CT molecular complexity index is 2010. The van der Waals surface area contributed by atoms with Gasteiger partial charge in [0.1, 0.15) is 24.6 Å². The average Bonchev–Trinajstić information content (AvgIpc) is 3.73. The van der Waals surface area contributed by atoms with Gasteiger partial charge in [0, 0.05) is 5.56 Å². The minimum Gasteiger partial charge on any atom is -0.470 e. The molecule has 10 nitrogen and oxygen atoms in total. The number of nitrogens with zero attached hydrogens (tertiary/aromatic N) is 7. The number of ether oxygens (including phenoxy) is 2. The third-order valence-electron chi connectivity index (χ3n) is 7.38. The fourth-order valence-corrected chi connectivity index (χ4v) is 5.24. The van der Waals surface area contributed by atoms with Crippen LogP contribution in [0.15, 0.2) is 109 Å². The predicted molar refractivity (Wildman–Crippen MR) is 166 cm³/mol. The Kier molecular flexibility index (Phi) is 7.44. The second-order valence-electron chi connectivity index (χ2n) is 10.2. The zero-order chi connectivity index (χ0) is 29.7. The number of aromatic nitrogens is 8. The third-order valence-corrected chi connectivity index (χ3v) is 7.38. The molecule has 10 heteroatoms. The Morgan fingerprint density at radius 3 is 1.91 bits per heavy atom. The molecule has 4 aromatic carbocycles. The van der Waals surface area contributed by atoms with E-state index in [-0.39, 0.29) is 0 Å². The Morgan fingerprint density at radius 2 is 1.23 bits per heavy atom. The van der Waals surface area contributed by atoms with Crippen LogP contribution < -0.4 is 9.47 Å². The molecule has 0 aliphatic heterocycles. The number of hydrogen-bond donors (Lipinski definition) is 1. The van der Waals surface area contributed by atoms with Crippen molar-refractivity contribution in [2.75, 3.05) is 0 Å². The van der Waals surface area contributed by atoms with Gasteiger partial charge in [-0.05, 0) is 40.0 Å². The summed E-state index contributed by atoms with van der Waals surface area (Å²) in [5.74, 6) is 2.06. The van der Waals surface area contributed by atoms with Crippen molar-refractivity contribution in [3.8, 4) is 34.3 Å². The first-order valence-electron chi connectivity index (χ1n) is 14.2. The monoisotopic (exact) mass is 580 g/mol. The fourth-order valence-electron chi connectivity index (χ4n) is 5.24. The first kappa shape index (κ1) is 27.0. The van der Waals surface area contributed by atoms with Crippen molar-refractivity contribution < 1.29 is 9.47 Å². The first-order valence-corrected chi connectivity index (χ1v) is 14.2. The van der Waals surface area contributed by atoms with Gasteiger partial charge in [-0.15, -0.1) is 20.4 Å². The Hall–Kier alpha value is -5.90. The Morgan fingerprint density at radius 1 is 0.636 bits per heavy atom. The number of hydrogen-bond acceptors (Lipinski definition) is 8. The summed E-state index contributed by atoms with van der Waals surface area (Å²) >= 11 is 0. The van der Waals surface area contributed by atoms with E-state index in [4.69, 9.17) is 14.5 Å². The normalized spacial score (nSPS) is 11.1. The summed E-state index contributed by atoms with van der Waals surface area (Å²) in [5, 5.41) is 23.7. The molecular formula is C34H28N8O2. The lowest BCUT2D eigenvalue weighted by atomic mass is 9.95. The summed E-state index contributed by atoms with van der Waals surface area (Å²) in [6.45, 7) is 3.16. The van der Waals surface area contributed by atoms with E-state index in [9.17, 15) is 0 Å². The van der Waals surface area contributed by atoms with Crippen molar-refractivity contribution in [3.63, 3.8) is 0 Å². The van der Waals surface area contributed by atoms with Crippen molar-refractivity contribution in [1.29, 1.82) is 0 Å². The van der Waals surface area contributed by atoms with E-state index < -0.39 is 0 Å². The summed E-state index contributed by atoms with van der Waals surface area (Å²) in [5.41, 5.74) is 7.37. The molecule has 0 saturated heterocycles. The molecule has 1 N–H and O–H groups in total. The highest BCUT2D eigenvalue weighted by molar-refractivity contribution is 5.86. The molecule has 7 rings (SSSR count). The molecule has 0 bridgehead atoms. The van der Waals surface area contributed by atoms with Crippen LogP contribution in [0.1, 0.15) is 22.5 Å². The highest BCUT2D eigenvalue weighted by Crippen LogP contribution is 2.35. The van der Waals surface area contributed by atoms with E-state index in [1.54, 1.807) is 0 Å². The SMILES string of the molecule is Cc1nc2c(OCc3ccccc3)nnc(OCc3ccccc3)c2n1Cc1ccccc1-c1ccccc1-c1nn[nH]n1. The Labute approximate surface area is 253 Å². The van der Waals surface area contributed by atoms with E-state index in [0.29, 0.717) is 42.9 Å². The van der Waals surface area contributed by atoms with Gasteiger partial charge in [-0.25, -0.2) is 4.98 Å². The van der Waals surface area contributed by atoms with Gasteiger partial charge in [0.05, 0.1) is 6.54 Å². The highest BCUT2D eigenvalue weighted by Gasteiger charge is 2.22. The van der Waals surface area contributed by atoms with Crippen molar-refractivity contribution in [2.45, 2.75) is 26.7 Å². The molecular weight excluding hydrogens is 552 g/mol. The quantitative estimate of drug-likeness (QED) is 0.204. The molecule has 44 heavy (non-hydrogen) atoms. The van der Waals surface area contributed by atoms with Gasteiger partial charge in [0.25, 0.3) is 11.8 Å². The Balaban J connectivity index is 1.30. The van der Waals surface area contributed by atoms with Crippen LogP contribution in [-0.4, -0.2) is 40.4 Å². The van der Waals surface area contributed by atoms with Gasteiger partial charge < -0.3 is 14.0 Å². The minimum atomic E-state index is 0.341. The zero-order valence-electron chi connectivity index (χ0n) is 24.0. The number of H-pyrrole nitrogens is 1. The van der Waals surface area contributed by atoms with E-state index in [1.165, 1.54) is 0 Å². The van der Waals surface area contributed by atoms with Crippen LogP contribution >= 0.6 is 0 Å². The van der Waals surface area contributed by atoms with E-state index in [0.717, 1.165) is 44.7 Å². The number of rotatable bonds is 10. The van der Waals surface area contributed by atoms with Crippen LogP contribution in [0.3, 0.4) is 0 Å². The van der Waals surface area contributed by atoms with Crippen LogP contribution in [0.4, 0.5) is 0 Å². The van der Waals surface area contributed by atoms with Crippen LogP contribution in [0.25, 0.3) is 33.5 Å². The second kappa shape index (κ2) is 12.1. The van der Waals surface area contributed by atoms with Crippen molar-refractivity contribution >= 4 is 11.0 Å². The molecule has 0 amide bonds. The van der Waals surface area contributed by atoms with Crippen LogP contribution in [0.2, 0.25) is 0 Å². The summed E-state index contributed by atoms with van der Waals surface area (Å²) in [6, 6.07) is 36.2. The average molecular weight is 581 g/mol. The van der Waals surface area contributed by atoms with E-state index in [1.807, 2.05) is 97.9 Å². The summed E-state index contributed by atoms with van der Waals surface area (Å²) < 4.78 is 14.6.